The van der Waals surface area contributed by atoms with E-state index in [4.69, 9.17) is 9.47 Å². The minimum Gasteiger partial charge on any atom is -0.496 e. The van der Waals surface area contributed by atoms with Gasteiger partial charge in [-0.2, -0.15) is 0 Å². The van der Waals surface area contributed by atoms with Crippen LogP contribution in [0.25, 0.3) is 12.2 Å². The largest absolute Gasteiger partial charge is 0.496 e. The maximum atomic E-state index is 13.7. The quantitative estimate of drug-likeness (QED) is 0.699. The van der Waals surface area contributed by atoms with Crippen LogP contribution in [0.3, 0.4) is 0 Å². The molecule has 0 fully saturated rings. The van der Waals surface area contributed by atoms with E-state index in [1.54, 1.807) is 26.4 Å². The lowest BCUT2D eigenvalue weighted by molar-refractivity contribution is 0.382. The summed E-state index contributed by atoms with van der Waals surface area (Å²) in [4.78, 5) is 0. The molecule has 0 bridgehead atoms. The van der Waals surface area contributed by atoms with Gasteiger partial charge in [-0.25, -0.2) is 8.78 Å². The standard InChI is InChI=1S/C19H20F2O2/c1-12(2)19-17(22-3)9-13(10-18(19)23-4)5-6-14-7-8-15(20)11-16(14)21/h5-12H,1-4H3/b6-5+. The molecule has 0 aliphatic heterocycles. The van der Waals surface area contributed by atoms with Crippen LogP contribution >= 0.6 is 0 Å². The van der Waals surface area contributed by atoms with Gasteiger partial charge in [0.15, 0.2) is 0 Å². The zero-order valence-corrected chi connectivity index (χ0v) is 13.7. The van der Waals surface area contributed by atoms with E-state index in [2.05, 4.69) is 13.8 Å². The Morgan fingerprint density at radius 3 is 2.00 bits per heavy atom. The minimum atomic E-state index is -0.598. The normalized spacial score (nSPS) is 11.3. The maximum Gasteiger partial charge on any atom is 0.133 e. The summed E-state index contributed by atoms with van der Waals surface area (Å²) in [5.41, 5.74) is 2.12. The molecule has 0 aliphatic carbocycles. The Balaban J connectivity index is 2.42. The molecule has 23 heavy (non-hydrogen) atoms. The maximum absolute atomic E-state index is 13.7. The highest BCUT2D eigenvalue weighted by Crippen LogP contribution is 2.36. The van der Waals surface area contributed by atoms with E-state index in [9.17, 15) is 8.78 Å². The number of rotatable bonds is 5. The van der Waals surface area contributed by atoms with Crippen LogP contribution in [0.2, 0.25) is 0 Å². The Kier molecular flexibility index (Phi) is 5.37. The topological polar surface area (TPSA) is 18.5 Å². The van der Waals surface area contributed by atoms with Crippen LogP contribution < -0.4 is 9.47 Å². The predicted molar refractivity (Wildman–Crippen MR) is 88.9 cm³/mol. The first kappa shape index (κ1) is 17.0. The van der Waals surface area contributed by atoms with Crippen LogP contribution in [0.5, 0.6) is 11.5 Å². The van der Waals surface area contributed by atoms with E-state index in [0.29, 0.717) is 5.56 Å². The van der Waals surface area contributed by atoms with Gasteiger partial charge < -0.3 is 9.47 Å². The molecule has 0 aliphatic rings. The number of hydrogen-bond acceptors (Lipinski definition) is 2. The van der Waals surface area contributed by atoms with Crippen LogP contribution in [0.1, 0.15) is 36.5 Å². The van der Waals surface area contributed by atoms with Crippen molar-refractivity contribution in [3.05, 3.63) is 58.7 Å². The fourth-order valence-corrected chi connectivity index (χ4v) is 2.45. The average molecular weight is 318 g/mol. The van der Waals surface area contributed by atoms with Gasteiger partial charge in [0.05, 0.1) is 14.2 Å². The smallest absolute Gasteiger partial charge is 0.133 e. The second-order valence-corrected chi connectivity index (χ2v) is 5.49. The van der Waals surface area contributed by atoms with Gasteiger partial charge in [-0.15, -0.1) is 0 Å². The van der Waals surface area contributed by atoms with E-state index in [-0.39, 0.29) is 5.92 Å². The van der Waals surface area contributed by atoms with Crippen molar-refractivity contribution in [1.29, 1.82) is 0 Å². The third kappa shape index (κ3) is 3.89. The van der Waals surface area contributed by atoms with Gasteiger partial charge in [0.25, 0.3) is 0 Å². The van der Waals surface area contributed by atoms with Crippen molar-refractivity contribution in [2.45, 2.75) is 19.8 Å². The van der Waals surface area contributed by atoms with Crippen molar-refractivity contribution in [3.8, 4) is 11.5 Å². The molecule has 0 aromatic heterocycles. The Hall–Kier alpha value is -2.36. The monoisotopic (exact) mass is 318 g/mol. The number of hydrogen-bond donors (Lipinski definition) is 0. The van der Waals surface area contributed by atoms with E-state index in [1.807, 2.05) is 12.1 Å². The van der Waals surface area contributed by atoms with Crippen molar-refractivity contribution in [2.75, 3.05) is 14.2 Å². The summed E-state index contributed by atoms with van der Waals surface area (Å²) in [6.45, 7) is 4.12. The molecule has 2 rings (SSSR count). The summed E-state index contributed by atoms with van der Waals surface area (Å²) in [6.07, 6.45) is 3.34. The minimum absolute atomic E-state index is 0.243. The molecule has 122 valence electrons. The van der Waals surface area contributed by atoms with E-state index in [0.717, 1.165) is 28.7 Å². The SMILES string of the molecule is COc1cc(/C=C/c2ccc(F)cc2F)cc(OC)c1C(C)C. The molecule has 0 amide bonds. The molecule has 4 heteroatoms. The van der Waals surface area contributed by atoms with Gasteiger partial charge in [-0.3, -0.25) is 0 Å². The number of methoxy groups -OCH3 is 2. The second kappa shape index (κ2) is 7.27. The summed E-state index contributed by atoms with van der Waals surface area (Å²) in [7, 11) is 3.21. The second-order valence-electron chi connectivity index (χ2n) is 5.49. The van der Waals surface area contributed by atoms with Crippen molar-refractivity contribution >= 4 is 12.2 Å². The van der Waals surface area contributed by atoms with Gasteiger partial charge in [-0.05, 0) is 35.7 Å². The highest BCUT2D eigenvalue weighted by Gasteiger charge is 2.15. The van der Waals surface area contributed by atoms with Gasteiger partial charge in [0, 0.05) is 17.2 Å². The van der Waals surface area contributed by atoms with Crippen molar-refractivity contribution < 1.29 is 18.3 Å². The zero-order valence-electron chi connectivity index (χ0n) is 13.7. The molecule has 2 nitrogen and oxygen atoms in total. The molecule has 0 saturated heterocycles. The molecular formula is C19H20F2O2. The fraction of sp³-hybridized carbons (Fsp3) is 0.263. The lowest BCUT2D eigenvalue weighted by Gasteiger charge is -2.17. The summed E-state index contributed by atoms with van der Waals surface area (Å²) in [5, 5.41) is 0. The molecule has 0 heterocycles. The summed E-state index contributed by atoms with van der Waals surface area (Å²) in [5.74, 6) is 0.493. The fourth-order valence-electron chi connectivity index (χ4n) is 2.45. The highest BCUT2D eigenvalue weighted by atomic mass is 19.1. The molecule has 0 unspecified atom stereocenters. The van der Waals surface area contributed by atoms with Crippen LogP contribution in [-0.4, -0.2) is 14.2 Å². The van der Waals surface area contributed by atoms with Crippen molar-refractivity contribution in [3.63, 3.8) is 0 Å². The predicted octanol–water partition coefficient (Wildman–Crippen LogP) is 5.28. The van der Waals surface area contributed by atoms with E-state index >= 15 is 0 Å². The zero-order chi connectivity index (χ0) is 17.0. The molecular weight excluding hydrogens is 298 g/mol. The first-order valence-corrected chi connectivity index (χ1v) is 7.35. The molecule has 2 aromatic carbocycles. The lowest BCUT2D eigenvalue weighted by atomic mass is 9.98. The van der Waals surface area contributed by atoms with E-state index < -0.39 is 11.6 Å². The number of halogens is 2. The van der Waals surface area contributed by atoms with Crippen LogP contribution in [0, 0.1) is 11.6 Å². The number of benzene rings is 2. The van der Waals surface area contributed by atoms with Crippen LogP contribution in [0.4, 0.5) is 8.78 Å². The lowest BCUT2D eigenvalue weighted by Crippen LogP contribution is -1.99. The molecule has 0 N–H and O–H groups in total. The Morgan fingerprint density at radius 1 is 0.913 bits per heavy atom. The molecule has 0 spiro atoms. The molecule has 0 saturated carbocycles. The van der Waals surface area contributed by atoms with Gasteiger partial charge in [-0.1, -0.05) is 26.0 Å². The van der Waals surface area contributed by atoms with Crippen LogP contribution in [0.15, 0.2) is 30.3 Å². The Labute approximate surface area is 135 Å². The average Bonchev–Trinajstić information content (AvgIpc) is 2.52. The highest BCUT2D eigenvalue weighted by molar-refractivity contribution is 5.72. The van der Waals surface area contributed by atoms with Gasteiger partial charge in [0.2, 0.25) is 0 Å². The summed E-state index contributed by atoms with van der Waals surface area (Å²) < 4.78 is 37.5. The number of ether oxygens (including phenoxy) is 2. The molecule has 0 radical (unpaired) electrons. The van der Waals surface area contributed by atoms with Gasteiger partial charge >= 0.3 is 0 Å². The third-order valence-corrected chi connectivity index (χ3v) is 3.56. The van der Waals surface area contributed by atoms with Crippen molar-refractivity contribution in [2.24, 2.45) is 0 Å². The van der Waals surface area contributed by atoms with Gasteiger partial charge in [0.1, 0.15) is 23.1 Å². The van der Waals surface area contributed by atoms with E-state index in [1.165, 1.54) is 12.1 Å². The Morgan fingerprint density at radius 2 is 1.52 bits per heavy atom. The first-order valence-electron chi connectivity index (χ1n) is 7.35. The first-order chi connectivity index (χ1) is 11.0. The Bertz CT molecular complexity index is 696. The van der Waals surface area contributed by atoms with Crippen LogP contribution in [-0.2, 0) is 0 Å². The summed E-state index contributed by atoms with van der Waals surface area (Å²) in [6, 6.07) is 7.23. The summed E-state index contributed by atoms with van der Waals surface area (Å²) >= 11 is 0. The third-order valence-electron chi connectivity index (χ3n) is 3.56. The van der Waals surface area contributed by atoms with Crippen molar-refractivity contribution in [1.82, 2.24) is 0 Å². The molecule has 2 aromatic rings. The molecule has 0 atom stereocenters.